The summed E-state index contributed by atoms with van der Waals surface area (Å²) >= 11 is 3.35. The average molecular weight is 286 g/mol. The average Bonchev–Trinajstić information content (AvgIpc) is 2.28. The van der Waals surface area contributed by atoms with Gasteiger partial charge in [-0.3, -0.25) is 4.79 Å². The van der Waals surface area contributed by atoms with Crippen molar-refractivity contribution in [2.45, 2.75) is 13.5 Å². The Hall–Kier alpha value is -1.36. The van der Waals surface area contributed by atoms with E-state index >= 15 is 0 Å². The van der Waals surface area contributed by atoms with Gasteiger partial charge in [0.05, 0.1) is 6.61 Å². The number of hydrogen-bond donors (Lipinski definition) is 1. The van der Waals surface area contributed by atoms with Gasteiger partial charge in [0.1, 0.15) is 0 Å². The number of esters is 1. The highest BCUT2D eigenvalue weighted by Gasteiger charge is 2.13. The van der Waals surface area contributed by atoms with Gasteiger partial charge in [-0.15, -0.1) is 0 Å². The first kappa shape index (κ1) is 12.7. The lowest BCUT2D eigenvalue weighted by molar-refractivity contribution is -0.154. The van der Waals surface area contributed by atoms with Crippen LogP contribution in [0.4, 0.5) is 0 Å². The third-order valence-electron chi connectivity index (χ3n) is 1.86. The van der Waals surface area contributed by atoms with Gasteiger partial charge in [-0.25, -0.2) is 4.79 Å². The molecule has 0 aliphatic rings. The van der Waals surface area contributed by atoms with Crippen LogP contribution >= 0.6 is 15.9 Å². The van der Waals surface area contributed by atoms with Gasteiger partial charge in [0.25, 0.3) is 0 Å². The molecule has 0 bridgehead atoms. The number of amides is 1. The van der Waals surface area contributed by atoms with Crippen LogP contribution in [0, 0.1) is 0 Å². The van der Waals surface area contributed by atoms with E-state index in [-0.39, 0.29) is 6.61 Å². The smallest absolute Gasteiger partial charge is 0.396 e. The number of ether oxygens (including phenoxy) is 1. The van der Waals surface area contributed by atoms with Crippen LogP contribution in [0.1, 0.15) is 12.5 Å². The highest BCUT2D eigenvalue weighted by molar-refractivity contribution is 9.10. The number of hydrogen-bond acceptors (Lipinski definition) is 3. The highest BCUT2D eigenvalue weighted by Crippen LogP contribution is 2.15. The quantitative estimate of drug-likeness (QED) is 0.678. The Bertz CT molecular complexity index is 393. The van der Waals surface area contributed by atoms with Crippen molar-refractivity contribution in [1.29, 1.82) is 0 Å². The molecule has 0 fully saturated rings. The standard InChI is InChI=1S/C11H12BrNO3/c1-2-16-11(15)10(14)13-7-8-5-3-4-6-9(8)12/h3-6H,2,7H2,1H3,(H,13,14). The maximum absolute atomic E-state index is 11.2. The Morgan fingerprint density at radius 1 is 1.38 bits per heavy atom. The second-order valence-corrected chi connectivity index (χ2v) is 3.85. The van der Waals surface area contributed by atoms with Gasteiger partial charge in [-0.1, -0.05) is 34.1 Å². The van der Waals surface area contributed by atoms with Crippen molar-refractivity contribution in [3.8, 4) is 0 Å². The van der Waals surface area contributed by atoms with Gasteiger partial charge in [-0.05, 0) is 18.6 Å². The molecule has 0 aliphatic heterocycles. The number of rotatable bonds is 3. The van der Waals surface area contributed by atoms with Crippen LogP contribution in [-0.4, -0.2) is 18.5 Å². The summed E-state index contributed by atoms with van der Waals surface area (Å²) in [6.45, 7) is 2.14. The number of halogens is 1. The molecule has 0 heterocycles. The minimum Gasteiger partial charge on any atom is -0.459 e. The van der Waals surface area contributed by atoms with Crippen LogP contribution in [0.25, 0.3) is 0 Å². The molecule has 1 amide bonds. The zero-order chi connectivity index (χ0) is 12.0. The summed E-state index contributed by atoms with van der Waals surface area (Å²) in [5, 5.41) is 2.48. The fourth-order valence-electron chi connectivity index (χ4n) is 1.09. The van der Waals surface area contributed by atoms with Crippen LogP contribution in [0.15, 0.2) is 28.7 Å². The first-order valence-corrected chi connectivity index (χ1v) is 5.62. The molecule has 1 N–H and O–H groups in total. The topological polar surface area (TPSA) is 55.4 Å². The van der Waals surface area contributed by atoms with Gasteiger partial charge < -0.3 is 10.1 Å². The molecule has 1 aromatic carbocycles. The lowest BCUT2D eigenvalue weighted by Gasteiger charge is -2.06. The minimum absolute atomic E-state index is 0.196. The minimum atomic E-state index is -0.852. The second kappa shape index (κ2) is 6.27. The number of nitrogens with one attached hydrogen (secondary N) is 1. The van der Waals surface area contributed by atoms with Gasteiger partial charge in [0.15, 0.2) is 0 Å². The zero-order valence-electron chi connectivity index (χ0n) is 8.83. The largest absolute Gasteiger partial charge is 0.459 e. The third-order valence-corrected chi connectivity index (χ3v) is 2.63. The van der Waals surface area contributed by atoms with Crippen LogP contribution < -0.4 is 5.32 Å². The summed E-state index contributed by atoms with van der Waals surface area (Å²) in [4.78, 5) is 22.2. The maximum atomic E-state index is 11.2. The summed E-state index contributed by atoms with van der Waals surface area (Å²) in [6.07, 6.45) is 0. The predicted molar refractivity (Wildman–Crippen MR) is 62.6 cm³/mol. The van der Waals surface area contributed by atoms with E-state index < -0.39 is 11.9 Å². The molecule has 0 saturated carbocycles. The molecular weight excluding hydrogens is 274 g/mol. The van der Waals surface area contributed by atoms with E-state index in [1.807, 2.05) is 24.3 Å². The van der Waals surface area contributed by atoms with Crippen molar-refractivity contribution in [1.82, 2.24) is 5.32 Å². The van der Waals surface area contributed by atoms with E-state index in [2.05, 4.69) is 26.0 Å². The molecule has 0 spiro atoms. The number of carbonyl (C=O) groups is 2. The molecule has 1 rings (SSSR count). The molecule has 86 valence electrons. The number of benzene rings is 1. The number of carbonyl (C=O) groups excluding carboxylic acids is 2. The van der Waals surface area contributed by atoms with Gasteiger partial charge >= 0.3 is 11.9 Å². The molecule has 0 aliphatic carbocycles. The molecule has 0 radical (unpaired) electrons. The molecule has 0 atom stereocenters. The Morgan fingerprint density at radius 2 is 2.06 bits per heavy atom. The molecular formula is C11H12BrNO3. The van der Waals surface area contributed by atoms with Gasteiger partial charge in [0, 0.05) is 11.0 Å². The zero-order valence-corrected chi connectivity index (χ0v) is 10.4. The normalized spacial score (nSPS) is 9.62. The molecule has 4 nitrogen and oxygen atoms in total. The van der Waals surface area contributed by atoms with Crippen molar-refractivity contribution in [3.63, 3.8) is 0 Å². The van der Waals surface area contributed by atoms with Crippen LogP contribution in [0.2, 0.25) is 0 Å². The first-order chi connectivity index (χ1) is 7.65. The van der Waals surface area contributed by atoms with Crippen LogP contribution in [-0.2, 0) is 20.9 Å². The monoisotopic (exact) mass is 285 g/mol. The van der Waals surface area contributed by atoms with Gasteiger partial charge in [0.2, 0.25) is 0 Å². The summed E-state index contributed by atoms with van der Waals surface area (Å²) in [7, 11) is 0. The summed E-state index contributed by atoms with van der Waals surface area (Å²) in [5.41, 5.74) is 0.903. The predicted octanol–water partition coefficient (Wildman–Crippen LogP) is 1.63. The summed E-state index contributed by atoms with van der Waals surface area (Å²) in [6, 6.07) is 7.46. The molecule has 5 heteroatoms. The molecule has 16 heavy (non-hydrogen) atoms. The molecule has 1 aromatic rings. The van der Waals surface area contributed by atoms with Crippen molar-refractivity contribution >= 4 is 27.8 Å². The van der Waals surface area contributed by atoms with Crippen LogP contribution in [0.5, 0.6) is 0 Å². The molecule has 0 saturated heterocycles. The van der Waals surface area contributed by atoms with E-state index in [4.69, 9.17) is 0 Å². The van der Waals surface area contributed by atoms with Gasteiger partial charge in [-0.2, -0.15) is 0 Å². The van der Waals surface area contributed by atoms with Crippen molar-refractivity contribution in [2.75, 3.05) is 6.61 Å². The first-order valence-electron chi connectivity index (χ1n) is 4.83. The Morgan fingerprint density at radius 3 is 2.69 bits per heavy atom. The SMILES string of the molecule is CCOC(=O)C(=O)NCc1ccccc1Br. The third kappa shape index (κ3) is 3.66. The van der Waals surface area contributed by atoms with E-state index in [1.54, 1.807) is 6.92 Å². The maximum Gasteiger partial charge on any atom is 0.396 e. The van der Waals surface area contributed by atoms with Crippen molar-refractivity contribution in [2.24, 2.45) is 0 Å². The van der Waals surface area contributed by atoms with E-state index in [0.29, 0.717) is 6.54 Å². The molecule has 0 unspecified atom stereocenters. The molecule has 0 aromatic heterocycles. The second-order valence-electron chi connectivity index (χ2n) is 2.99. The van der Waals surface area contributed by atoms with Crippen molar-refractivity contribution < 1.29 is 14.3 Å². The highest BCUT2D eigenvalue weighted by atomic mass is 79.9. The Kier molecular flexibility index (Phi) is 4.98. The van der Waals surface area contributed by atoms with E-state index in [9.17, 15) is 9.59 Å². The summed E-state index contributed by atoms with van der Waals surface area (Å²) < 4.78 is 5.45. The lowest BCUT2D eigenvalue weighted by Crippen LogP contribution is -2.32. The fraction of sp³-hybridized carbons (Fsp3) is 0.273. The van der Waals surface area contributed by atoms with E-state index in [1.165, 1.54) is 0 Å². The van der Waals surface area contributed by atoms with E-state index in [0.717, 1.165) is 10.0 Å². The lowest BCUT2D eigenvalue weighted by atomic mass is 10.2. The van der Waals surface area contributed by atoms with Crippen LogP contribution in [0.3, 0.4) is 0 Å². The van der Waals surface area contributed by atoms with Crippen molar-refractivity contribution in [3.05, 3.63) is 34.3 Å². The fourth-order valence-corrected chi connectivity index (χ4v) is 1.51. The Balaban J connectivity index is 2.49. The summed E-state index contributed by atoms with van der Waals surface area (Å²) in [5.74, 6) is -1.58. The Labute approximate surface area is 102 Å².